The van der Waals surface area contributed by atoms with E-state index in [1.807, 2.05) is 0 Å². The van der Waals surface area contributed by atoms with Crippen molar-refractivity contribution in [2.75, 3.05) is 13.1 Å². The molecular formula is C21H24N2O4. The number of nitrogens with zero attached hydrogens (tertiary/aromatic N) is 1. The van der Waals surface area contributed by atoms with Crippen LogP contribution in [0.15, 0.2) is 42.7 Å². The van der Waals surface area contributed by atoms with E-state index in [0.717, 1.165) is 0 Å². The van der Waals surface area contributed by atoms with Gasteiger partial charge >= 0.3 is 11.9 Å². The summed E-state index contributed by atoms with van der Waals surface area (Å²) in [5.74, 6) is -2.51. The molecule has 2 aliphatic rings. The van der Waals surface area contributed by atoms with Crippen LogP contribution in [0.25, 0.3) is 11.1 Å². The number of aliphatic carboxylic acids is 2. The summed E-state index contributed by atoms with van der Waals surface area (Å²) in [6.45, 7) is 4.72. The molecule has 2 aromatic rings. The van der Waals surface area contributed by atoms with Crippen LogP contribution in [0.3, 0.4) is 0 Å². The van der Waals surface area contributed by atoms with Crippen LogP contribution in [-0.4, -0.2) is 45.1 Å². The molecule has 142 valence electrons. The molecule has 0 saturated heterocycles. The van der Waals surface area contributed by atoms with Gasteiger partial charge in [-0.25, -0.2) is 9.59 Å². The summed E-state index contributed by atoms with van der Waals surface area (Å²) in [4.78, 5) is 25.1. The summed E-state index contributed by atoms with van der Waals surface area (Å²) < 4.78 is 0. The van der Waals surface area contributed by atoms with Crippen molar-refractivity contribution >= 4 is 11.9 Å². The first-order valence-electron chi connectivity index (χ1n) is 9.17. The highest BCUT2D eigenvalue weighted by molar-refractivity contribution is 5.89. The van der Waals surface area contributed by atoms with Crippen LogP contribution >= 0.6 is 0 Å². The first-order chi connectivity index (χ1) is 13.0. The van der Waals surface area contributed by atoms with Crippen LogP contribution in [0.2, 0.25) is 0 Å². The van der Waals surface area contributed by atoms with Crippen molar-refractivity contribution in [1.29, 1.82) is 0 Å². The number of hydrogen-bond acceptors (Lipinski definition) is 3. The molecule has 4 rings (SSSR count). The Hall–Kier alpha value is -2.86. The van der Waals surface area contributed by atoms with Crippen molar-refractivity contribution in [2.45, 2.75) is 32.2 Å². The largest absolute Gasteiger partial charge is 0.478 e. The summed E-state index contributed by atoms with van der Waals surface area (Å²) in [6.07, 6.45) is 9.09. The Bertz CT molecular complexity index is 853. The molecule has 0 saturated carbocycles. The molecule has 0 spiro atoms. The van der Waals surface area contributed by atoms with E-state index in [1.165, 1.54) is 49.0 Å². The highest BCUT2D eigenvalue weighted by atomic mass is 16.4. The van der Waals surface area contributed by atoms with Gasteiger partial charge in [0.2, 0.25) is 0 Å². The first kappa shape index (κ1) is 18.9. The van der Waals surface area contributed by atoms with Crippen LogP contribution < -0.4 is 0 Å². The zero-order chi connectivity index (χ0) is 19.4. The molecule has 2 heterocycles. The summed E-state index contributed by atoms with van der Waals surface area (Å²) in [7, 11) is 0. The van der Waals surface area contributed by atoms with Gasteiger partial charge in [-0.15, -0.1) is 0 Å². The second kappa shape index (κ2) is 8.22. The minimum atomic E-state index is -1.26. The molecule has 27 heavy (non-hydrogen) atoms. The number of benzene rings is 1. The minimum Gasteiger partial charge on any atom is -0.478 e. The molecule has 1 atom stereocenters. The fraction of sp³-hybridized carbons (Fsp3) is 0.333. The van der Waals surface area contributed by atoms with Gasteiger partial charge in [-0.3, -0.25) is 4.90 Å². The molecule has 1 aromatic heterocycles. The van der Waals surface area contributed by atoms with Gasteiger partial charge in [0, 0.05) is 42.7 Å². The lowest BCUT2D eigenvalue weighted by Crippen LogP contribution is -2.38. The van der Waals surface area contributed by atoms with E-state index in [4.69, 9.17) is 10.2 Å². The molecule has 0 radical (unpaired) electrons. The van der Waals surface area contributed by atoms with E-state index < -0.39 is 11.9 Å². The number of fused-ring (bicyclic) bond motifs is 2. The quantitative estimate of drug-likeness (QED) is 0.720. The van der Waals surface area contributed by atoms with E-state index in [2.05, 4.69) is 47.4 Å². The Kier molecular flexibility index (Phi) is 5.76. The fourth-order valence-corrected chi connectivity index (χ4v) is 4.01. The van der Waals surface area contributed by atoms with E-state index in [9.17, 15) is 9.59 Å². The molecule has 1 aliphatic heterocycles. The number of aromatic amines is 1. The molecule has 6 nitrogen and oxygen atoms in total. The molecule has 3 N–H and O–H groups in total. The lowest BCUT2D eigenvalue weighted by Gasteiger charge is -2.41. The number of carboxylic acid groups (broad SMARTS) is 2. The summed E-state index contributed by atoms with van der Waals surface area (Å²) in [5, 5.41) is 15.6. The Morgan fingerprint density at radius 1 is 1.15 bits per heavy atom. The molecular weight excluding hydrogens is 344 g/mol. The van der Waals surface area contributed by atoms with Crippen molar-refractivity contribution in [3.63, 3.8) is 0 Å². The average Bonchev–Trinajstić information content (AvgIpc) is 3.12. The number of hydrogen-bond donors (Lipinski definition) is 3. The Balaban J connectivity index is 0.000000226. The SMILES string of the molecule is CCCN1CCc2cccc3c2C1Cc1c[nH]cc1-3.O=C(O)C=CC(=O)O. The predicted octanol–water partition coefficient (Wildman–Crippen LogP) is 3.26. The summed E-state index contributed by atoms with van der Waals surface area (Å²) in [6, 6.07) is 7.45. The second-order valence-corrected chi connectivity index (χ2v) is 6.79. The number of rotatable bonds is 4. The van der Waals surface area contributed by atoms with E-state index >= 15 is 0 Å². The molecule has 0 fully saturated rings. The molecule has 0 bridgehead atoms. The Morgan fingerprint density at radius 2 is 1.89 bits per heavy atom. The van der Waals surface area contributed by atoms with Gasteiger partial charge in [0.1, 0.15) is 0 Å². The monoisotopic (exact) mass is 368 g/mol. The number of carbonyl (C=O) groups is 2. The highest BCUT2D eigenvalue weighted by Crippen LogP contribution is 2.44. The maximum absolute atomic E-state index is 9.55. The molecule has 1 aliphatic carbocycles. The summed E-state index contributed by atoms with van der Waals surface area (Å²) in [5.41, 5.74) is 7.55. The Morgan fingerprint density at radius 3 is 2.56 bits per heavy atom. The second-order valence-electron chi connectivity index (χ2n) is 6.79. The average molecular weight is 368 g/mol. The molecule has 0 amide bonds. The number of H-pyrrole nitrogens is 1. The van der Waals surface area contributed by atoms with Crippen LogP contribution in [0.1, 0.15) is 36.1 Å². The fourth-order valence-electron chi connectivity index (χ4n) is 4.01. The van der Waals surface area contributed by atoms with Gasteiger partial charge in [-0.2, -0.15) is 0 Å². The number of nitrogens with one attached hydrogen (secondary N) is 1. The van der Waals surface area contributed by atoms with Gasteiger partial charge < -0.3 is 15.2 Å². The molecule has 6 heteroatoms. The lowest BCUT2D eigenvalue weighted by molar-refractivity contribution is -0.134. The third kappa shape index (κ3) is 4.11. The molecule has 1 unspecified atom stereocenters. The van der Waals surface area contributed by atoms with Crippen LogP contribution in [0.5, 0.6) is 0 Å². The van der Waals surface area contributed by atoms with Gasteiger partial charge in [0.15, 0.2) is 0 Å². The number of carboxylic acids is 2. The smallest absolute Gasteiger partial charge is 0.328 e. The van der Waals surface area contributed by atoms with Gasteiger partial charge in [0.05, 0.1) is 0 Å². The van der Waals surface area contributed by atoms with E-state index in [-0.39, 0.29) is 0 Å². The number of aromatic nitrogens is 1. The van der Waals surface area contributed by atoms with Crippen LogP contribution in [-0.2, 0) is 22.4 Å². The Labute approximate surface area is 158 Å². The standard InChI is InChI=1S/C17H20N2.C4H4O4/c1-2-7-19-8-6-12-4-3-5-14-15-11-18-10-13(15)9-16(19)17(12)14;5-3(6)1-2-4(7)8/h3-5,10-11,16,18H,2,6-9H2,1H3;1-2H,(H,5,6)(H,7,8). The van der Waals surface area contributed by atoms with Gasteiger partial charge in [-0.05, 0) is 48.1 Å². The van der Waals surface area contributed by atoms with E-state index in [0.29, 0.717) is 18.2 Å². The maximum Gasteiger partial charge on any atom is 0.328 e. The topological polar surface area (TPSA) is 93.6 Å². The predicted molar refractivity (Wildman–Crippen MR) is 103 cm³/mol. The van der Waals surface area contributed by atoms with Crippen molar-refractivity contribution in [2.24, 2.45) is 0 Å². The van der Waals surface area contributed by atoms with Gasteiger partial charge in [0.25, 0.3) is 0 Å². The van der Waals surface area contributed by atoms with Crippen LogP contribution in [0.4, 0.5) is 0 Å². The van der Waals surface area contributed by atoms with Crippen molar-refractivity contribution in [1.82, 2.24) is 9.88 Å². The van der Waals surface area contributed by atoms with Crippen LogP contribution in [0, 0.1) is 0 Å². The zero-order valence-corrected chi connectivity index (χ0v) is 15.3. The van der Waals surface area contributed by atoms with E-state index in [1.54, 1.807) is 11.1 Å². The summed E-state index contributed by atoms with van der Waals surface area (Å²) >= 11 is 0. The third-order valence-corrected chi connectivity index (χ3v) is 5.05. The maximum atomic E-state index is 9.55. The highest BCUT2D eigenvalue weighted by Gasteiger charge is 2.33. The van der Waals surface area contributed by atoms with Crippen molar-refractivity contribution in [3.05, 3.63) is 59.4 Å². The normalized spacial score (nSPS) is 17.6. The lowest BCUT2D eigenvalue weighted by atomic mass is 9.78. The van der Waals surface area contributed by atoms with Crippen molar-refractivity contribution < 1.29 is 19.8 Å². The van der Waals surface area contributed by atoms with Crippen molar-refractivity contribution in [3.8, 4) is 11.1 Å². The van der Waals surface area contributed by atoms with Gasteiger partial charge in [-0.1, -0.05) is 25.1 Å². The first-order valence-corrected chi connectivity index (χ1v) is 9.17. The minimum absolute atomic E-state index is 0.558. The molecule has 1 aromatic carbocycles. The zero-order valence-electron chi connectivity index (χ0n) is 15.3. The third-order valence-electron chi connectivity index (χ3n) is 5.05.